The second-order valence-corrected chi connectivity index (χ2v) is 11.7. The highest BCUT2D eigenvalue weighted by molar-refractivity contribution is 7.92. The summed E-state index contributed by atoms with van der Waals surface area (Å²) in [5.41, 5.74) is -2.31. The number of halogens is 6. The molecule has 0 bridgehead atoms. The van der Waals surface area contributed by atoms with Gasteiger partial charge >= 0.3 is 18.8 Å². The largest absolute Gasteiger partial charge is 0.480 e. The summed E-state index contributed by atoms with van der Waals surface area (Å²) in [6.07, 6.45) is -4.63. The molecule has 0 aliphatic carbocycles. The average molecular weight is 633 g/mol. The summed E-state index contributed by atoms with van der Waals surface area (Å²) >= 11 is 0. The molecule has 0 saturated carbocycles. The number of nitrogens with zero attached hydrogens (tertiary/aromatic N) is 3. The minimum atomic E-state index is -4.98. The van der Waals surface area contributed by atoms with Gasteiger partial charge < -0.3 is 19.7 Å². The zero-order chi connectivity index (χ0) is 31.3. The molecule has 2 aliphatic heterocycles. The summed E-state index contributed by atoms with van der Waals surface area (Å²) in [6, 6.07) is 6.61. The van der Waals surface area contributed by atoms with E-state index in [1.165, 1.54) is 18.2 Å². The standard InChI is InChI=1S/C26H22F6N4O6S/c27-17-5-15(6-19(9-17)42-25(28)29)14-1-2-20-21(7-14)36(12-18-11-34(13-23(37)38)3-4-35(18)20)43(40,41)22-8-16(26(30,31)32)10-33-24(22)39/h1-2,5-10,18,25H,3-4,11-13H2,(H,33,39)(H,37,38)/t18-/m0/s1. The van der Waals surface area contributed by atoms with Crippen LogP contribution in [0.15, 0.2) is 58.4 Å². The van der Waals surface area contributed by atoms with Gasteiger partial charge in [0.1, 0.15) is 11.6 Å². The number of hydrogen-bond acceptors (Lipinski definition) is 7. The number of H-pyrrole nitrogens is 1. The fraction of sp³-hybridized carbons (Fsp3) is 0.308. The van der Waals surface area contributed by atoms with Gasteiger partial charge in [0.2, 0.25) is 0 Å². The van der Waals surface area contributed by atoms with Gasteiger partial charge in [0, 0.05) is 31.9 Å². The normalized spacial score (nSPS) is 17.5. The maximum Gasteiger partial charge on any atom is 0.417 e. The Labute approximate surface area is 239 Å². The number of aromatic nitrogens is 1. The van der Waals surface area contributed by atoms with E-state index < -0.39 is 62.4 Å². The number of aromatic amines is 1. The number of carbonyl (C=O) groups is 1. The van der Waals surface area contributed by atoms with E-state index in [1.54, 1.807) is 9.80 Å². The number of hydrogen-bond donors (Lipinski definition) is 2. The van der Waals surface area contributed by atoms with Crippen molar-refractivity contribution < 1.29 is 49.4 Å². The molecular weight excluding hydrogens is 610 g/mol. The Morgan fingerprint density at radius 1 is 1.05 bits per heavy atom. The van der Waals surface area contributed by atoms with Gasteiger partial charge in [-0.05, 0) is 41.5 Å². The molecule has 5 rings (SSSR count). The smallest absolute Gasteiger partial charge is 0.417 e. The fourth-order valence-electron chi connectivity index (χ4n) is 5.23. The van der Waals surface area contributed by atoms with Gasteiger partial charge in [0.15, 0.2) is 4.90 Å². The summed E-state index contributed by atoms with van der Waals surface area (Å²) in [4.78, 5) is 27.9. The maximum absolute atomic E-state index is 14.3. The van der Waals surface area contributed by atoms with Crippen molar-refractivity contribution in [1.29, 1.82) is 0 Å². The molecule has 2 aromatic carbocycles. The molecule has 1 fully saturated rings. The minimum absolute atomic E-state index is 0.0288. The van der Waals surface area contributed by atoms with Crippen LogP contribution in [0.1, 0.15) is 5.56 Å². The van der Waals surface area contributed by atoms with E-state index >= 15 is 0 Å². The van der Waals surface area contributed by atoms with Crippen LogP contribution in [0.4, 0.5) is 37.7 Å². The van der Waals surface area contributed by atoms with Crippen molar-refractivity contribution in [3.05, 3.63) is 70.4 Å². The monoisotopic (exact) mass is 632 g/mol. The van der Waals surface area contributed by atoms with Crippen LogP contribution in [0.25, 0.3) is 11.1 Å². The molecule has 230 valence electrons. The lowest BCUT2D eigenvalue weighted by Crippen LogP contribution is -2.61. The van der Waals surface area contributed by atoms with Crippen molar-refractivity contribution >= 4 is 27.4 Å². The predicted molar refractivity (Wildman–Crippen MR) is 140 cm³/mol. The highest BCUT2D eigenvalue weighted by Crippen LogP contribution is 2.42. The first kappa shape index (κ1) is 30.2. The SMILES string of the molecule is O=C(O)CN1CCN2c3ccc(-c4cc(F)cc(OC(F)F)c4)cc3N(S(=O)(=O)c3cc(C(F)(F)F)c[nH]c3=O)C[C@@H]2C1. The molecule has 3 aromatic rings. The van der Waals surface area contributed by atoms with E-state index in [9.17, 15) is 49.5 Å². The molecule has 0 amide bonds. The molecule has 0 spiro atoms. The van der Waals surface area contributed by atoms with Crippen molar-refractivity contribution in [3.8, 4) is 16.9 Å². The van der Waals surface area contributed by atoms with Crippen LogP contribution in [-0.4, -0.2) is 74.8 Å². The number of aliphatic carboxylic acids is 1. The Morgan fingerprint density at radius 2 is 1.79 bits per heavy atom. The zero-order valence-electron chi connectivity index (χ0n) is 21.8. The van der Waals surface area contributed by atoms with Gasteiger partial charge in [-0.15, -0.1) is 0 Å². The quantitative estimate of drug-likeness (QED) is 0.379. The lowest BCUT2D eigenvalue weighted by molar-refractivity contribution is -0.139. The summed E-state index contributed by atoms with van der Waals surface area (Å²) in [7, 11) is -4.98. The zero-order valence-corrected chi connectivity index (χ0v) is 22.6. The maximum atomic E-state index is 14.3. The number of carboxylic acids is 1. The molecule has 17 heteroatoms. The molecule has 0 radical (unpaired) electrons. The van der Waals surface area contributed by atoms with Crippen molar-refractivity contribution in [1.82, 2.24) is 9.88 Å². The Kier molecular flexibility index (Phi) is 7.81. The Balaban J connectivity index is 1.65. The first-order valence-corrected chi connectivity index (χ1v) is 14.0. The van der Waals surface area contributed by atoms with Crippen LogP contribution in [0, 0.1) is 5.82 Å². The molecule has 1 atom stereocenters. The molecule has 43 heavy (non-hydrogen) atoms. The first-order valence-electron chi connectivity index (χ1n) is 12.6. The number of carboxylic acid groups (broad SMARTS) is 1. The van der Waals surface area contributed by atoms with E-state index in [1.807, 2.05) is 4.98 Å². The lowest BCUT2D eigenvalue weighted by atomic mass is 10.00. The summed E-state index contributed by atoms with van der Waals surface area (Å²) < 4.78 is 113. The molecular formula is C26H22F6N4O6S. The van der Waals surface area contributed by atoms with E-state index in [-0.39, 0.29) is 49.1 Å². The number of anilines is 2. The van der Waals surface area contributed by atoms with Crippen LogP contribution in [0.5, 0.6) is 5.75 Å². The van der Waals surface area contributed by atoms with Crippen LogP contribution in [-0.2, 0) is 21.0 Å². The van der Waals surface area contributed by atoms with Crippen molar-refractivity contribution in [2.24, 2.45) is 0 Å². The van der Waals surface area contributed by atoms with Gasteiger partial charge in [-0.2, -0.15) is 22.0 Å². The van der Waals surface area contributed by atoms with Crippen LogP contribution in [0.3, 0.4) is 0 Å². The molecule has 3 heterocycles. The number of nitrogens with one attached hydrogen (secondary N) is 1. The van der Waals surface area contributed by atoms with Gasteiger partial charge in [-0.25, -0.2) is 12.8 Å². The Morgan fingerprint density at radius 3 is 2.47 bits per heavy atom. The number of fused-ring (bicyclic) bond motifs is 3. The van der Waals surface area contributed by atoms with Gasteiger partial charge in [0.25, 0.3) is 15.6 Å². The first-order chi connectivity index (χ1) is 20.1. The van der Waals surface area contributed by atoms with Crippen molar-refractivity contribution in [2.75, 3.05) is 41.9 Å². The summed E-state index contributed by atoms with van der Waals surface area (Å²) in [5.74, 6) is -2.54. The van der Waals surface area contributed by atoms with Crippen LogP contribution >= 0.6 is 0 Å². The molecule has 0 unspecified atom stereocenters. The lowest BCUT2D eigenvalue weighted by Gasteiger charge is -2.48. The Bertz CT molecular complexity index is 1730. The molecule has 1 saturated heterocycles. The number of alkyl halides is 5. The van der Waals surface area contributed by atoms with Gasteiger partial charge in [-0.1, -0.05) is 6.07 Å². The van der Waals surface area contributed by atoms with Gasteiger partial charge in [-0.3, -0.25) is 18.8 Å². The number of benzene rings is 2. The number of pyridine rings is 1. The van der Waals surface area contributed by atoms with Crippen molar-refractivity contribution in [2.45, 2.75) is 23.7 Å². The molecule has 2 N–H and O–H groups in total. The molecule has 2 aliphatic rings. The van der Waals surface area contributed by atoms with E-state index in [0.717, 1.165) is 22.5 Å². The Hall–Kier alpha value is -4.25. The topological polar surface area (TPSA) is 123 Å². The molecule has 1 aromatic heterocycles. The second-order valence-electron chi connectivity index (χ2n) is 9.85. The highest BCUT2D eigenvalue weighted by Gasteiger charge is 2.42. The van der Waals surface area contributed by atoms with Crippen LogP contribution < -0.4 is 19.5 Å². The minimum Gasteiger partial charge on any atom is -0.480 e. The third-order valence-corrected chi connectivity index (χ3v) is 8.84. The average Bonchev–Trinajstić information content (AvgIpc) is 2.90. The van der Waals surface area contributed by atoms with E-state index in [0.29, 0.717) is 18.4 Å². The summed E-state index contributed by atoms with van der Waals surface area (Å²) in [6.45, 7) is -3.33. The number of sulfonamides is 1. The summed E-state index contributed by atoms with van der Waals surface area (Å²) in [5, 5.41) is 9.23. The third-order valence-electron chi connectivity index (χ3n) is 7.05. The van der Waals surface area contributed by atoms with Gasteiger partial charge in [0.05, 0.1) is 36.1 Å². The molecule has 10 nitrogen and oxygen atoms in total. The fourth-order valence-corrected chi connectivity index (χ4v) is 6.81. The van der Waals surface area contributed by atoms with Crippen LogP contribution in [0.2, 0.25) is 0 Å². The number of rotatable bonds is 7. The second kappa shape index (κ2) is 11.1. The third kappa shape index (κ3) is 6.13. The van der Waals surface area contributed by atoms with E-state index in [2.05, 4.69) is 4.74 Å². The predicted octanol–water partition coefficient (Wildman–Crippen LogP) is 3.59. The number of ether oxygens (including phenoxy) is 1. The highest BCUT2D eigenvalue weighted by atomic mass is 32.2. The number of piperazine rings is 1. The van der Waals surface area contributed by atoms with E-state index in [4.69, 9.17) is 0 Å². The van der Waals surface area contributed by atoms with Crippen molar-refractivity contribution in [3.63, 3.8) is 0 Å².